The molecule has 2 rings (SSSR count). The first kappa shape index (κ1) is 20.4. The summed E-state index contributed by atoms with van der Waals surface area (Å²) in [4.78, 5) is 4.26. The third-order valence-electron chi connectivity index (χ3n) is 3.53. The molecule has 0 saturated heterocycles. The van der Waals surface area contributed by atoms with Gasteiger partial charge in [0.1, 0.15) is 0 Å². The van der Waals surface area contributed by atoms with Gasteiger partial charge < -0.3 is 10.6 Å². The maximum atomic E-state index is 8.75. The van der Waals surface area contributed by atoms with Crippen LogP contribution < -0.4 is 10.6 Å². The highest BCUT2D eigenvalue weighted by atomic mass is 14.9. The molecule has 4 heteroatoms. The van der Waals surface area contributed by atoms with Gasteiger partial charge in [-0.3, -0.25) is 4.98 Å². The minimum atomic E-state index is 0.716. The zero-order chi connectivity index (χ0) is 18.3. The second-order valence-electron chi connectivity index (χ2n) is 5.63. The van der Waals surface area contributed by atoms with E-state index in [4.69, 9.17) is 5.26 Å². The van der Waals surface area contributed by atoms with Gasteiger partial charge in [0, 0.05) is 12.7 Å². The molecular weight excluding hydrogens is 308 g/mol. The van der Waals surface area contributed by atoms with Crippen LogP contribution in [0.2, 0.25) is 0 Å². The Bertz CT molecular complexity index is 656. The number of nitrogens with zero attached hydrogens (tertiary/aromatic N) is 2. The first-order valence-electron chi connectivity index (χ1n) is 8.63. The predicted octanol–water partition coefficient (Wildman–Crippen LogP) is 4.09. The summed E-state index contributed by atoms with van der Waals surface area (Å²) in [6, 6.07) is 13.9. The lowest BCUT2D eigenvalue weighted by Gasteiger charge is -2.09. The first-order chi connectivity index (χ1) is 12.2. The van der Waals surface area contributed by atoms with Gasteiger partial charge in [-0.15, -0.1) is 6.58 Å². The Morgan fingerprint density at radius 1 is 1.16 bits per heavy atom. The number of allylic oxidation sites excluding steroid dienone is 1. The Kier molecular flexibility index (Phi) is 10.4. The molecule has 0 fully saturated rings. The lowest BCUT2D eigenvalue weighted by molar-refractivity contribution is 0.660. The van der Waals surface area contributed by atoms with Gasteiger partial charge in [0.2, 0.25) is 0 Å². The normalized spacial score (nSPS) is 9.48. The van der Waals surface area contributed by atoms with Gasteiger partial charge in [0.25, 0.3) is 0 Å². The summed E-state index contributed by atoms with van der Waals surface area (Å²) in [5.74, 6) is 0. The molecule has 0 aliphatic heterocycles. The molecule has 0 spiro atoms. The molecule has 0 saturated carbocycles. The van der Waals surface area contributed by atoms with Gasteiger partial charge in [-0.2, -0.15) is 5.26 Å². The highest BCUT2D eigenvalue weighted by molar-refractivity contribution is 5.46. The first-order valence-corrected chi connectivity index (χ1v) is 8.63. The van der Waals surface area contributed by atoms with Gasteiger partial charge in [-0.05, 0) is 69.6 Å². The van der Waals surface area contributed by atoms with Crippen LogP contribution in [0.25, 0.3) is 0 Å². The van der Waals surface area contributed by atoms with E-state index in [2.05, 4.69) is 34.3 Å². The van der Waals surface area contributed by atoms with Crippen molar-refractivity contribution in [2.24, 2.45) is 0 Å². The molecule has 0 amide bonds. The van der Waals surface area contributed by atoms with Crippen LogP contribution in [0.3, 0.4) is 0 Å². The minimum absolute atomic E-state index is 0.716. The Balaban J connectivity index is 0.000000970. The van der Waals surface area contributed by atoms with Crippen LogP contribution in [0.15, 0.2) is 55.3 Å². The van der Waals surface area contributed by atoms with E-state index in [0.29, 0.717) is 5.56 Å². The number of aryl methyl sites for hydroxylation is 1. The lowest BCUT2D eigenvalue weighted by Crippen LogP contribution is -2.20. The average Bonchev–Trinajstić information content (AvgIpc) is 2.63. The van der Waals surface area contributed by atoms with Gasteiger partial charge in [0.05, 0.1) is 23.0 Å². The number of aromatic nitrogens is 1. The van der Waals surface area contributed by atoms with Gasteiger partial charge >= 0.3 is 0 Å². The fourth-order valence-electron chi connectivity index (χ4n) is 2.21. The number of pyridine rings is 1. The Hall–Kier alpha value is -2.64. The van der Waals surface area contributed by atoms with Crippen molar-refractivity contribution in [3.05, 3.63) is 72.1 Å². The van der Waals surface area contributed by atoms with Crippen LogP contribution in [0, 0.1) is 18.3 Å². The van der Waals surface area contributed by atoms with E-state index in [0.717, 1.165) is 43.9 Å². The molecular formula is C21H28N4. The molecule has 0 unspecified atom stereocenters. The maximum Gasteiger partial charge on any atom is 0.0991 e. The second-order valence-corrected chi connectivity index (χ2v) is 5.63. The molecule has 1 aromatic carbocycles. The molecule has 0 radical (unpaired) electrons. The standard InChI is InChI=1S/C18H22N4.C3H6/c1-15-18(4-2-11-21-15)22-12-3-10-20-13-9-16-5-7-17(14-19)8-6-16;1-3-2/h2,4-8,11,20,22H,3,9-10,12-13H2,1H3;3H,1H2,2H3. The molecule has 2 aromatic rings. The van der Waals surface area contributed by atoms with Crippen LogP contribution in [0.4, 0.5) is 5.69 Å². The topological polar surface area (TPSA) is 60.7 Å². The Morgan fingerprint density at radius 2 is 1.88 bits per heavy atom. The molecule has 0 aliphatic carbocycles. The largest absolute Gasteiger partial charge is 0.384 e. The van der Waals surface area contributed by atoms with Crippen LogP contribution in [0.1, 0.15) is 30.2 Å². The van der Waals surface area contributed by atoms with Crippen molar-refractivity contribution < 1.29 is 0 Å². The number of hydrogen-bond donors (Lipinski definition) is 2. The maximum absolute atomic E-state index is 8.75. The van der Waals surface area contributed by atoms with Crippen molar-refractivity contribution in [1.82, 2.24) is 10.3 Å². The van der Waals surface area contributed by atoms with E-state index >= 15 is 0 Å². The average molecular weight is 336 g/mol. The minimum Gasteiger partial charge on any atom is -0.384 e. The number of rotatable bonds is 8. The Labute approximate surface area is 151 Å². The fraction of sp³-hybridized carbons (Fsp3) is 0.333. The molecule has 1 heterocycles. The van der Waals surface area contributed by atoms with Gasteiger partial charge in [0.15, 0.2) is 0 Å². The van der Waals surface area contributed by atoms with Crippen LogP contribution >= 0.6 is 0 Å². The van der Waals surface area contributed by atoms with Crippen molar-refractivity contribution >= 4 is 5.69 Å². The summed E-state index contributed by atoms with van der Waals surface area (Å²) in [6.45, 7) is 10.1. The smallest absolute Gasteiger partial charge is 0.0991 e. The highest BCUT2D eigenvalue weighted by Gasteiger charge is 1.97. The van der Waals surface area contributed by atoms with Crippen LogP contribution in [0.5, 0.6) is 0 Å². The monoisotopic (exact) mass is 336 g/mol. The summed E-state index contributed by atoms with van der Waals surface area (Å²) in [5, 5.41) is 15.6. The molecule has 25 heavy (non-hydrogen) atoms. The number of nitrogens with one attached hydrogen (secondary N) is 2. The second kappa shape index (κ2) is 12.7. The van der Waals surface area contributed by atoms with E-state index in [9.17, 15) is 0 Å². The SMILES string of the molecule is C=CC.Cc1ncccc1NCCCNCCc1ccc(C#N)cc1. The third-order valence-corrected chi connectivity index (χ3v) is 3.53. The fourth-order valence-corrected chi connectivity index (χ4v) is 2.21. The lowest BCUT2D eigenvalue weighted by atomic mass is 10.1. The molecule has 2 N–H and O–H groups in total. The molecule has 1 aromatic heterocycles. The molecule has 4 nitrogen and oxygen atoms in total. The van der Waals surface area contributed by atoms with Crippen LogP contribution in [-0.4, -0.2) is 24.6 Å². The quantitative estimate of drug-likeness (QED) is 0.563. The summed E-state index contributed by atoms with van der Waals surface area (Å²) < 4.78 is 0. The van der Waals surface area contributed by atoms with E-state index in [1.54, 1.807) is 6.08 Å². The number of hydrogen-bond acceptors (Lipinski definition) is 4. The summed E-state index contributed by atoms with van der Waals surface area (Å²) in [5.41, 5.74) is 4.13. The van der Waals surface area contributed by atoms with E-state index < -0.39 is 0 Å². The van der Waals surface area contributed by atoms with Crippen molar-refractivity contribution in [1.29, 1.82) is 5.26 Å². The molecule has 0 aliphatic rings. The zero-order valence-corrected chi connectivity index (χ0v) is 15.3. The van der Waals surface area contributed by atoms with E-state index in [-0.39, 0.29) is 0 Å². The number of nitriles is 1. The molecule has 0 atom stereocenters. The van der Waals surface area contributed by atoms with Crippen molar-refractivity contribution in [3.8, 4) is 6.07 Å². The third kappa shape index (κ3) is 8.69. The van der Waals surface area contributed by atoms with Crippen LogP contribution in [-0.2, 0) is 6.42 Å². The number of anilines is 1. The summed E-state index contributed by atoms with van der Waals surface area (Å²) in [7, 11) is 0. The van der Waals surface area contributed by atoms with E-state index in [1.807, 2.05) is 50.4 Å². The zero-order valence-electron chi connectivity index (χ0n) is 15.3. The van der Waals surface area contributed by atoms with Crippen molar-refractivity contribution in [3.63, 3.8) is 0 Å². The van der Waals surface area contributed by atoms with Crippen molar-refractivity contribution in [2.75, 3.05) is 25.0 Å². The van der Waals surface area contributed by atoms with Gasteiger partial charge in [-0.25, -0.2) is 0 Å². The van der Waals surface area contributed by atoms with E-state index in [1.165, 1.54) is 5.56 Å². The summed E-state index contributed by atoms with van der Waals surface area (Å²) in [6.07, 6.45) is 5.62. The highest BCUT2D eigenvalue weighted by Crippen LogP contribution is 2.09. The van der Waals surface area contributed by atoms with Gasteiger partial charge in [-0.1, -0.05) is 18.2 Å². The predicted molar refractivity (Wildman–Crippen MR) is 106 cm³/mol. The molecule has 132 valence electrons. The molecule has 0 bridgehead atoms. The number of benzene rings is 1. The van der Waals surface area contributed by atoms with Crippen molar-refractivity contribution in [2.45, 2.75) is 26.7 Å². The summed E-state index contributed by atoms with van der Waals surface area (Å²) >= 11 is 0. The Morgan fingerprint density at radius 3 is 2.52 bits per heavy atom.